The largest absolute Gasteiger partial charge is 0.340 e. The SMILES string of the molecule is CCCc1ccc(S(=O)(=O)N2CCN(C(C)=O)C[C@@H]2C=O)s1. The molecule has 0 aromatic carbocycles. The van der Waals surface area contributed by atoms with Crippen molar-refractivity contribution in [1.29, 1.82) is 0 Å². The average molecular weight is 344 g/mol. The van der Waals surface area contributed by atoms with Gasteiger partial charge in [-0.2, -0.15) is 4.31 Å². The summed E-state index contributed by atoms with van der Waals surface area (Å²) in [6.45, 7) is 4.03. The van der Waals surface area contributed by atoms with Gasteiger partial charge in [0.25, 0.3) is 10.0 Å². The highest BCUT2D eigenvalue weighted by molar-refractivity contribution is 7.91. The second-order valence-corrected chi connectivity index (χ2v) is 8.54. The zero-order chi connectivity index (χ0) is 16.3. The fourth-order valence-electron chi connectivity index (χ4n) is 2.48. The number of sulfonamides is 1. The Kier molecular flexibility index (Phi) is 5.36. The number of aryl methyl sites for hydroxylation is 1. The van der Waals surface area contributed by atoms with Crippen molar-refractivity contribution >= 4 is 33.6 Å². The van der Waals surface area contributed by atoms with Gasteiger partial charge in [-0.05, 0) is 18.6 Å². The van der Waals surface area contributed by atoms with E-state index in [0.717, 1.165) is 17.7 Å². The maximum absolute atomic E-state index is 12.7. The number of piperazine rings is 1. The van der Waals surface area contributed by atoms with E-state index in [0.29, 0.717) is 12.8 Å². The van der Waals surface area contributed by atoms with Crippen LogP contribution in [0.5, 0.6) is 0 Å². The van der Waals surface area contributed by atoms with Crippen LogP contribution in [0, 0.1) is 0 Å². The molecule has 0 radical (unpaired) electrons. The van der Waals surface area contributed by atoms with Gasteiger partial charge in [-0.3, -0.25) is 4.79 Å². The summed E-state index contributed by atoms with van der Waals surface area (Å²) in [7, 11) is -3.69. The van der Waals surface area contributed by atoms with Crippen molar-refractivity contribution < 1.29 is 18.0 Å². The van der Waals surface area contributed by atoms with Gasteiger partial charge in [-0.25, -0.2) is 8.42 Å². The van der Waals surface area contributed by atoms with Crippen LogP contribution in [0.25, 0.3) is 0 Å². The molecule has 0 bridgehead atoms. The lowest BCUT2D eigenvalue weighted by Gasteiger charge is -2.37. The molecule has 1 aliphatic heterocycles. The molecule has 2 rings (SSSR count). The van der Waals surface area contributed by atoms with Crippen molar-refractivity contribution in [1.82, 2.24) is 9.21 Å². The fourth-order valence-corrected chi connectivity index (χ4v) is 5.61. The molecule has 0 N–H and O–H groups in total. The molecule has 6 nitrogen and oxygen atoms in total. The molecule has 1 amide bonds. The first-order valence-corrected chi connectivity index (χ1v) is 9.47. The zero-order valence-corrected chi connectivity index (χ0v) is 14.3. The van der Waals surface area contributed by atoms with E-state index in [4.69, 9.17) is 0 Å². The molecule has 22 heavy (non-hydrogen) atoms. The summed E-state index contributed by atoms with van der Waals surface area (Å²) in [6.07, 6.45) is 2.40. The molecule has 1 aliphatic rings. The molecule has 0 unspecified atom stereocenters. The lowest BCUT2D eigenvalue weighted by atomic mass is 10.2. The number of aldehydes is 1. The van der Waals surface area contributed by atoms with Crippen molar-refractivity contribution in [3.63, 3.8) is 0 Å². The number of amides is 1. The minimum atomic E-state index is -3.69. The Morgan fingerprint density at radius 1 is 1.41 bits per heavy atom. The van der Waals surface area contributed by atoms with E-state index in [1.54, 1.807) is 6.07 Å². The highest BCUT2D eigenvalue weighted by atomic mass is 32.2. The van der Waals surface area contributed by atoms with Gasteiger partial charge in [0.05, 0.1) is 6.04 Å². The Bertz CT molecular complexity index is 654. The molecular weight excluding hydrogens is 324 g/mol. The quantitative estimate of drug-likeness (QED) is 0.750. The number of carbonyl (C=O) groups is 2. The predicted octanol–water partition coefficient (Wildman–Crippen LogP) is 1.12. The lowest BCUT2D eigenvalue weighted by molar-refractivity contribution is -0.131. The molecule has 1 saturated heterocycles. The van der Waals surface area contributed by atoms with Crippen LogP contribution in [0.3, 0.4) is 0 Å². The van der Waals surface area contributed by atoms with Crippen LogP contribution in [-0.2, 0) is 26.0 Å². The number of thiophene rings is 1. The van der Waals surface area contributed by atoms with Gasteiger partial charge in [0.15, 0.2) is 0 Å². The van der Waals surface area contributed by atoms with E-state index in [2.05, 4.69) is 0 Å². The highest BCUT2D eigenvalue weighted by Crippen LogP contribution is 2.28. The minimum absolute atomic E-state index is 0.116. The van der Waals surface area contributed by atoms with Gasteiger partial charge < -0.3 is 9.69 Å². The molecule has 1 aromatic rings. The molecule has 2 heterocycles. The van der Waals surface area contributed by atoms with Crippen LogP contribution in [0.15, 0.2) is 16.3 Å². The second-order valence-electron chi connectivity index (χ2n) is 5.25. The van der Waals surface area contributed by atoms with Gasteiger partial charge in [0, 0.05) is 31.4 Å². The lowest BCUT2D eigenvalue weighted by Crippen LogP contribution is -2.56. The number of carbonyl (C=O) groups excluding carboxylic acids is 2. The van der Waals surface area contributed by atoms with Crippen molar-refractivity contribution in [3.05, 3.63) is 17.0 Å². The van der Waals surface area contributed by atoms with Crippen LogP contribution >= 0.6 is 11.3 Å². The Balaban J connectivity index is 2.24. The van der Waals surface area contributed by atoms with E-state index in [9.17, 15) is 18.0 Å². The van der Waals surface area contributed by atoms with Gasteiger partial charge in [-0.1, -0.05) is 13.3 Å². The third-order valence-corrected chi connectivity index (χ3v) is 7.20. The smallest absolute Gasteiger partial charge is 0.253 e. The molecule has 0 aliphatic carbocycles. The number of rotatable bonds is 5. The summed E-state index contributed by atoms with van der Waals surface area (Å²) < 4.78 is 26.9. The predicted molar refractivity (Wildman–Crippen MR) is 84.3 cm³/mol. The summed E-state index contributed by atoms with van der Waals surface area (Å²) in [4.78, 5) is 25.2. The van der Waals surface area contributed by atoms with Crippen molar-refractivity contribution in [2.75, 3.05) is 19.6 Å². The minimum Gasteiger partial charge on any atom is -0.340 e. The topological polar surface area (TPSA) is 74.8 Å². The number of hydrogen-bond acceptors (Lipinski definition) is 5. The molecule has 8 heteroatoms. The van der Waals surface area contributed by atoms with E-state index >= 15 is 0 Å². The Morgan fingerprint density at radius 2 is 2.14 bits per heavy atom. The molecule has 122 valence electrons. The van der Waals surface area contributed by atoms with Gasteiger partial charge in [-0.15, -0.1) is 11.3 Å². The van der Waals surface area contributed by atoms with Gasteiger partial charge in [0.2, 0.25) is 5.91 Å². The third-order valence-electron chi connectivity index (χ3n) is 3.67. The monoisotopic (exact) mass is 344 g/mol. The van der Waals surface area contributed by atoms with E-state index in [-0.39, 0.29) is 23.2 Å². The summed E-state index contributed by atoms with van der Waals surface area (Å²) in [5.74, 6) is -0.148. The van der Waals surface area contributed by atoms with Gasteiger partial charge in [0.1, 0.15) is 10.5 Å². The maximum atomic E-state index is 12.7. The van der Waals surface area contributed by atoms with E-state index in [1.165, 1.54) is 27.5 Å². The maximum Gasteiger partial charge on any atom is 0.253 e. The van der Waals surface area contributed by atoms with Crippen LogP contribution in [0.1, 0.15) is 25.1 Å². The highest BCUT2D eigenvalue weighted by Gasteiger charge is 2.37. The van der Waals surface area contributed by atoms with E-state index < -0.39 is 16.1 Å². The molecule has 1 aromatic heterocycles. The first kappa shape index (κ1) is 17.1. The molecule has 1 atom stereocenters. The summed E-state index contributed by atoms with van der Waals surface area (Å²) >= 11 is 1.25. The molecule has 0 saturated carbocycles. The normalized spacial score (nSPS) is 20.1. The van der Waals surface area contributed by atoms with Crippen LogP contribution in [0.4, 0.5) is 0 Å². The van der Waals surface area contributed by atoms with Crippen molar-refractivity contribution in [2.45, 2.75) is 36.9 Å². The first-order valence-electron chi connectivity index (χ1n) is 7.21. The second kappa shape index (κ2) is 6.89. The summed E-state index contributed by atoms with van der Waals surface area (Å²) in [6, 6.07) is 2.60. The fraction of sp³-hybridized carbons (Fsp3) is 0.571. The van der Waals surface area contributed by atoms with Crippen LogP contribution in [0.2, 0.25) is 0 Å². The number of hydrogen-bond donors (Lipinski definition) is 0. The number of nitrogens with zero attached hydrogens (tertiary/aromatic N) is 2. The van der Waals surface area contributed by atoms with Crippen LogP contribution in [-0.4, -0.2) is 55.5 Å². The van der Waals surface area contributed by atoms with Crippen LogP contribution < -0.4 is 0 Å². The zero-order valence-electron chi connectivity index (χ0n) is 12.7. The summed E-state index contributed by atoms with van der Waals surface area (Å²) in [5.41, 5.74) is 0. The third kappa shape index (κ3) is 3.39. The molecule has 0 spiro atoms. The molecular formula is C14H20N2O4S2. The Labute approximate surface area is 134 Å². The average Bonchev–Trinajstić information content (AvgIpc) is 2.96. The summed E-state index contributed by atoms with van der Waals surface area (Å²) in [5, 5.41) is 0. The Hall–Kier alpha value is -1.25. The van der Waals surface area contributed by atoms with Crippen molar-refractivity contribution in [2.24, 2.45) is 0 Å². The van der Waals surface area contributed by atoms with E-state index in [1.807, 2.05) is 13.0 Å². The molecule has 1 fully saturated rings. The standard InChI is InChI=1S/C14H20N2O4S2/c1-3-4-13-5-6-14(21-13)22(19,20)16-8-7-15(11(2)18)9-12(16)10-17/h5-6,10,12H,3-4,7-9H2,1-2H3/t12-/m1/s1. The first-order chi connectivity index (χ1) is 10.4. The Morgan fingerprint density at radius 3 is 2.73 bits per heavy atom. The van der Waals surface area contributed by atoms with Gasteiger partial charge >= 0.3 is 0 Å². The van der Waals surface area contributed by atoms with Crippen molar-refractivity contribution in [3.8, 4) is 0 Å².